The van der Waals surface area contributed by atoms with Crippen LogP contribution in [0.3, 0.4) is 0 Å². The van der Waals surface area contributed by atoms with E-state index in [1.54, 1.807) is 12.1 Å². The van der Waals surface area contributed by atoms with E-state index >= 15 is 0 Å². The van der Waals surface area contributed by atoms with Crippen LogP contribution < -0.4 is 16.9 Å². The molecule has 1 aliphatic heterocycles. The molecule has 5 N–H and O–H groups in total. The molecule has 0 radical (unpaired) electrons. The second-order valence-corrected chi connectivity index (χ2v) is 10.7. The molecule has 1 aliphatic rings. The monoisotopic (exact) mass is 589 g/mol. The highest BCUT2D eigenvalue weighted by Crippen LogP contribution is 2.36. The number of nitriles is 1. The van der Waals surface area contributed by atoms with Gasteiger partial charge in [0.25, 0.3) is 0 Å². The highest BCUT2D eigenvalue weighted by atomic mass is 19.4. The second-order valence-electron chi connectivity index (χ2n) is 10.7. The molecule has 1 saturated heterocycles. The third-order valence-electron chi connectivity index (χ3n) is 7.46. The van der Waals surface area contributed by atoms with Gasteiger partial charge in [-0.2, -0.15) is 18.4 Å². The van der Waals surface area contributed by atoms with E-state index in [0.29, 0.717) is 45.9 Å². The molecule has 0 bridgehead atoms. The summed E-state index contributed by atoms with van der Waals surface area (Å²) in [6.07, 6.45) is -2.95. The first-order valence-corrected chi connectivity index (χ1v) is 13.2. The van der Waals surface area contributed by atoms with Crippen LogP contribution in [0.1, 0.15) is 48.1 Å². The number of allylic oxidation sites excluding steroid dienone is 1. The van der Waals surface area contributed by atoms with Gasteiger partial charge < -0.3 is 25.0 Å². The number of nitrogens with zero attached hydrogens (tertiary/aromatic N) is 3. The van der Waals surface area contributed by atoms with Gasteiger partial charge >= 0.3 is 18.2 Å². The molecule has 3 rings (SSSR count). The maximum absolute atomic E-state index is 13.3. The first-order valence-electron chi connectivity index (χ1n) is 13.2. The zero-order chi connectivity index (χ0) is 31.2. The smallest absolute Gasteiger partial charge is 0.416 e. The number of nitrogens with two attached hydrogens (primary N) is 2. The quantitative estimate of drug-likeness (QED) is 0.0994. The molecular formula is C29H36F3N6O4+. The number of methoxy groups -OCH3 is 1. The van der Waals surface area contributed by atoms with Crippen molar-refractivity contribution >= 4 is 17.7 Å². The van der Waals surface area contributed by atoms with E-state index in [2.05, 4.69) is 11.4 Å². The largest absolute Gasteiger partial charge is 0.466 e. The molecule has 226 valence electrons. The molecule has 0 aromatic heterocycles. The molecule has 1 atom stereocenters. The molecule has 1 fully saturated rings. The molecule has 0 spiro atoms. The molecule has 2 aromatic rings. The lowest BCUT2D eigenvalue weighted by molar-refractivity contribution is -0.929. The molecule has 42 heavy (non-hydrogen) atoms. The van der Waals surface area contributed by atoms with Crippen molar-refractivity contribution in [3.05, 3.63) is 76.0 Å². The number of benzene rings is 2. The van der Waals surface area contributed by atoms with E-state index in [1.807, 2.05) is 14.1 Å². The lowest BCUT2D eigenvalue weighted by atomic mass is 9.90. The highest BCUT2D eigenvalue weighted by molar-refractivity contribution is 5.92. The van der Waals surface area contributed by atoms with Crippen molar-refractivity contribution < 1.29 is 36.7 Å². The van der Waals surface area contributed by atoms with E-state index < -0.39 is 29.8 Å². The number of nitrogens with one attached hydrogen (secondary N) is 1. The van der Waals surface area contributed by atoms with Crippen molar-refractivity contribution in [1.82, 2.24) is 5.01 Å². The Hall–Kier alpha value is -4.12. The molecule has 2 amide bonds. The average Bonchev–Trinajstić information content (AvgIpc) is 2.95. The van der Waals surface area contributed by atoms with Crippen LogP contribution in [0.4, 0.5) is 23.7 Å². The van der Waals surface area contributed by atoms with Crippen LogP contribution in [-0.2, 0) is 27.0 Å². The number of urea groups is 1. The third-order valence-corrected chi connectivity index (χ3v) is 7.46. The fourth-order valence-electron chi connectivity index (χ4n) is 5.24. The Morgan fingerprint density at radius 2 is 1.88 bits per heavy atom. The normalized spacial score (nSPS) is 15.7. The van der Waals surface area contributed by atoms with Crippen LogP contribution in [-0.4, -0.2) is 62.0 Å². The van der Waals surface area contributed by atoms with E-state index in [4.69, 9.17) is 21.1 Å². The molecule has 10 nitrogen and oxygen atoms in total. The molecule has 2 aromatic carbocycles. The number of esters is 1. The van der Waals surface area contributed by atoms with Gasteiger partial charge in [-0.1, -0.05) is 12.1 Å². The van der Waals surface area contributed by atoms with Crippen LogP contribution in [0.15, 0.2) is 53.7 Å². The van der Waals surface area contributed by atoms with E-state index in [-0.39, 0.29) is 23.0 Å². The Kier molecular flexibility index (Phi) is 10.2. The summed E-state index contributed by atoms with van der Waals surface area (Å²) >= 11 is 0. The first-order chi connectivity index (χ1) is 19.7. The number of amides is 2. The number of hydrazine groups is 1. The number of primary amides is 1. The minimum Gasteiger partial charge on any atom is -0.466 e. The van der Waals surface area contributed by atoms with Crippen molar-refractivity contribution in [2.75, 3.05) is 39.7 Å². The fraction of sp³-hybridized carbons (Fsp3) is 0.414. The predicted molar refractivity (Wildman–Crippen MR) is 149 cm³/mol. The molecule has 13 heteroatoms. The Morgan fingerprint density at radius 3 is 2.45 bits per heavy atom. The summed E-state index contributed by atoms with van der Waals surface area (Å²) in [5, 5.41) is 13.1. The average molecular weight is 590 g/mol. The van der Waals surface area contributed by atoms with Crippen LogP contribution in [0.2, 0.25) is 0 Å². The highest BCUT2D eigenvalue weighted by Gasteiger charge is 2.37. The van der Waals surface area contributed by atoms with Crippen LogP contribution >= 0.6 is 0 Å². The summed E-state index contributed by atoms with van der Waals surface area (Å²) in [4.78, 5) is 25.7. The fourth-order valence-corrected chi connectivity index (χ4v) is 5.24. The van der Waals surface area contributed by atoms with Crippen molar-refractivity contribution in [3.63, 3.8) is 0 Å². The van der Waals surface area contributed by atoms with Gasteiger partial charge in [-0.05, 0) is 42.8 Å². The minimum absolute atomic E-state index is 0.0440. The van der Waals surface area contributed by atoms with E-state index in [1.165, 1.54) is 25.1 Å². The summed E-state index contributed by atoms with van der Waals surface area (Å²) in [7, 11) is 5.21. The van der Waals surface area contributed by atoms with Crippen LogP contribution in [0, 0.1) is 11.3 Å². The Bertz CT molecular complexity index is 1380. The summed E-state index contributed by atoms with van der Waals surface area (Å²) in [5.41, 5.74) is 6.05. The van der Waals surface area contributed by atoms with Gasteiger partial charge in [0.15, 0.2) is 0 Å². The number of carbonyl (C=O) groups is 2. The van der Waals surface area contributed by atoms with Crippen molar-refractivity contribution in [1.29, 1.82) is 5.26 Å². The molecule has 0 saturated carbocycles. The number of ether oxygens (including phenoxy) is 2. The number of hydrogen-bond donors (Lipinski definition) is 3. The minimum atomic E-state index is -4.59. The standard InChI is InChI=1S/C29H35F3N6O4/c1-18(36-22-7-5-6-21(15-22)29(30,31)32)25(27(39)41-4)26(37(35)28(34)40)24-9-8-19(16-33)14-20(24)17-38(2,3)23-10-12-42-13-11-23/h5-9,14-15,23,26H,10-13,17,35H2,1-4H3,(H2-,34,36,39,40)/p+1/t26-/m1/s1. The Balaban J connectivity index is 2.20. The predicted octanol–water partition coefficient (Wildman–Crippen LogP) is 4.19. The summed E-state index contributed by atoms with van der Waals surface area (Å²) in [5.74, 6) is 5.31. The van der Waals surface area contributed by atoms with Crippen LogP contribution in [0.25, 0.3) is 0 Å². The molecule has 1 heterocycles. The van der Waals surface area contributed by atoms with E-state index in [9.17, 15) is 28.0 Å². The van der Waals surface area contributed by atoms with Crippen LogP contribution in [0.5, 0.6) is 0 Å². The number of alkyl halides is 3. The SMILES string of the molecule is COC(=O)/C(=C(\C)Nc1cccc(C(F)(F)F)c1)[C@@H](c1ccc(C#N)cc1C[N+](C)(C)C1CCOCC1)N(N)C(N)=O. The topological polar surface area (TPSA) is 144 Å². The Morgan fingerprint density at radius 1 is 1.21 bits per heavy atom. The van der Waals surface area contributed by atoms with Gasteiger partial charge in [0.1, 0.15) is 12.6 Å². The van der Waals surface area contributed by atoms with Gasteiger partial charge in [0.05, 0.1) is 63.2 Å². The zero-order valence-corrected chi connectivity index (χ0v) is 24.0. The third kappa shape index (κ3) is 7.58. The number of anilines is 1. The number of rotatable bonds is 9. The maximum Gasteiger partial charge on any atom is 0.416 e. The lowest BCUT2D eigenvalue weighted by Gasteiger charge is -2.41. The summed E-state index contributed by atoms with van der Waals surface area (Å²) < 4.78 is 51.1. The van der Waals surface area contributed by atoms with Gasteiger partial charge in [0, 0.05) is 29.8 Å². The van der Waals surface area contributed by atoms with Gasteiger partial charge in [0.2, 0.25) is 0 Å². The number of quaternary nitrogens is 1. The number of hydrogen-bond acceptors (Lipinski definition) is 7. The number of halogens is 3. The van der Waals surface area contributed by atoms with Crippen molar-refractivity contribution in [3.8, 4) is 6.07 Å². The molecule has 0 aliphatic carbocycles. The maximum atomic E-state index is 13.3. The van der Waals surface area contributed by atoms with Crippen molar-refractivity contribution in [2.24, 2.45) is 11.6 Å². The van der Waals surface area contributed by atoms with Gasteiger partial charge in [-0.3, -0.25) is 5.01 Å². The number of carbonyl (C=O) groups excluding carboxylic acids is 2. The Labute approximate surface area is 242 Å². The summed E-state index contributed by atoms with van der Waals surface area (Å²) in [6.45, 7) is 3.09. The summed E-state index contributed by atoms with van der Waals surface area (Å²) in [6, 6.07) is 9.19. The molecule has 0 unspecified atom stereocenters. The zero-order valence-electron chi connectivity index (χ0n) is 24.0. The van der Waals surface area contributed by atoms with Crippen molar-refractivity contribution in [2.45, 2.75) is 44.6 Å². The van der Waals surface area contributed by atoms with Gasteiger partial charge in [-0.15, -0.1) is 0 Å². The molecular weight excluding hydrogens is 553 g/mol. The lowest BCUT2D eigenvalue weighted by Crippen LogP contribution is -2.51. The first kappa shape index (κ1) is 32.4. The van der Waals surface area contributed by atoms with Gasteiger partial charge in [-0.25, -0.2) is 15.4 Å². The second kappa shape index (κ2) is 13.2. The van der Waals surface area contributed by atoms with E-state index in [0.717, 1.165) is 32.1 Å².